The Morgan fingerprint density at radius 2 is 1.65 bits per heavy atom. The fourth-order valence-electron chi connectivity index (χ4n) is 2.75. The van der Waals surface area contributed by atoms with Gasteiger partial charge in [0.25, 0.3) is 5.89 Å². The second kappa shape index (κ2) is 7.27. The lowest BCUT2D eigenvalue weighted by atomic mass is 10.1. The van der Waals surface area contributed by atoms with E-state index < -0.39 is 0 Å². The zero-order valence-corrected chi connectivity index (χ0v) is 14.4. The lowest BCUT2D eigenvalue weighted by Gasteiger charge is -2.04. The smallest absolute Gasteiger partial charge is 0.264 e. The number of methoxy groups -OCH3 is 1. The summed E-state index contributed by atoms with van der Waals surface area (Å²) in [4.78, 5) is 4.39. The van der Waals surface area contributed by atoms with E-state index in [9.17, 15) is 0 Å². The molecule has 130 valence electrons. The third kappa shape index (κ3) is 3.67. The van der Waals surface area contributed by atoms with Gasteiger partial charge in [0.1, 0.15) is 11.5 Å². The molecule has 0 aliphatic carbocycles. The van der Waals surface area contributed by atoms with Crippen LogP contribution < -0.4 is 9.47 Å². The molecule has 0 aliphatic rings. The van der Waals surface area contributed by atoms with Gasteiger partial charge in [-0.3, -0.25) is 0 Å². The number of hydrogen-bond donors (Lipinski definition) is 0. The van der Waals surface area contributed by atoms with Crippen LogP contribution in [0, 0.1) is 0 Å². The Balaban J connectivity index is 1.39. The number of benzene rings is 3. The Kier molecular flexibility index (Phi) is 4.51. The fraction of sp³-hybridized carbons (Fsp3) is 0.143. The molecule has 0 spiro atoms. The number of aromatic nitrogens is 2. The Morgan fingerprint density at radius 3 is 2.46 bits per heavy atom. The van der Waals surface area contributed by atoms with E-state index in [1.807, 2.05) is 54.6 Å². The molecule has 0 saturated carbocycles. The van der Waals surface area contributed by atoms with E-state index in [1.54, 1.807) is 7.11 Å². The van der Waals surface area contributed by atoms with Gasteiger partial charge in [0.15, 0.2) is 12.4 Å². The predicted octanol–water partition coefficient (Wildman–Crippen LogP) is 4.40. The van der Waals surface area contributed by atoms with Crippen molar-refractivity contribution in [3.05, 3.63) is 84.0 Å². The number of ether oxygens (including phenoxy) is 2. The van der Waals surface area contributed by atoms with Crippen LogP contribution in [0.1, 0.15) is 17.3 Å². The average Bonchev–Trinajstić information content (AvgIpc) is 3.14. The summed E-state index contributed by atoms with van der Waals surface area (Å²) in [6, 6.07) is 21.9. The van der Waals surface area contributed by atoms with Gasteiger partial charge < -0.3 is 14.0 Å². The molecule has 0 amide bonds. The Labute approximate surface area is 151 Å². The molecular formula is C21H18N2O3. The van der Waals surface area contributed by atoms with E-state index in [-0.39, 0.29) is 6.61 Å². The summed E-state index contributed by atoms with van der Waals surface area (Å²) in [5.41, 5.74) is 1.09. The molecule has 1 heterocycles. The molecule has 0 radical (unpaired) electrons. The van der Waals surface area contributed by atoms with E-state index in [4.69, 9.17) is 14.0 Å². The van der Waals surface area contributed by atoms with Gasteiger partial charge in [-0.05, 0) is 40.6 Å². The third-order valence-corrected chi connectivity index (χ3v) is 4.11. The van der Waals surface area contributed by atoms with Gasteiger partial charge in [0, 0.05) is 6.42 Å². The number of hydrogen-bond acceptors (Lipinski definition) is 5. The maximum absolute atomic E-state index is 5.78. The molecule has 0 saturated heterocycles. The maximum Gasteiger partial charge on any atom is 0.264 e. The molecule has 5 nitrogen and oxygen atoms in total. The van der Waals surface area contributed by atoms with Crippen LogP contribution >= 0.6 is 0 Å². The van der Waals surface area contributed by atoms with Gasteiger partial charge in [0.05, 0.1) is 7.11 Å². The summed E-state index contributed by atoms with van der Waals surface area (Å²) in [5.74, 6) is 2.69. The van der Waals surface area contributed by atoms with Crippen LogP contribution in [0.4, 0.5) is 0 Å². The molecule has 0 aliphatic heterocycles. The minimum atomic E-state index is 0.244. The lowest BCUT2D eigenvalue weighted by molar-refractivity contribution is 0.243. The van der Waals surface area contributed by atoms with Crippen molar-refractivity contribution in [3.8, 4) is 11.5 Å². The topological polar surface area (TPSA) is 57.4 Å². The highest BCUT2D eigenvalue weighted by molar-refractivity contribution is 5.83. The van der Waals surface area contributed by atoms with E-state index in [0.717, 1.165) is 22.4 Å². The van der Waals surface area contributed by atoms with Gasteiger partial charge in [0.2, 0.25) is 0 Å². The second-order valence-electron chi connectivity index (χ2n) is 5.93. The lowest BCUT2D eigenvalue weighted by Crippen LogP contribution is -1.97. The molecule has 4 rings (SSSR count). The molecule has 0 fully saturated rings. The summed E-state index contributed by atoms with van der Waals surface area (Å²) in [5, 5.41) is 6.33. The zero-order chi connectivity index (χ0) is 17.8. The van der Waals surface area contributed by atoms with Crippen molar-refractivity contribution in [2.24, 2.45) is 0 Å². The molecule has 0 N–H and O–H groups in total. The molecule has 5 heteroatoms. The van der Waals surface area contributed by atoms with Crippen molar-refractivity contribution in [3.63, 3.8) is 0 Å². The van der Waals surface area contributed by atoms with Crippen molar-refractivity contribution in [2.45, 2.75) is 13.0 Å². The predicted molar refractivity (Wildman–Crippen MR) is 98.4 cm³/mol. The van der Waals surface area contributed by atoms with Crippen molar-refractivity contribution in [1.29, 1.82) is 0 Å². The first-order valence-corrected chi connectivity index (χ1v) is 8.36. The van der Waals surface area contributed by atoms with Crippen LogP contribution in [-0.4, -0.2) is 17.3 Å². The van der Waals surface area contributed by atoms with Crippen LogP contribution in [0.15, 0.2) is 71.3 Å². The van der Waals surface area contributed by atoms with E-state index in [1.165, 1.54) is 5.39 Å². The van der Waals surface area contributed by atoms with E-state index in [0.29, 0.717) is 18.1 Å². The van der Waals surface area contributed by atoms with Crippen molar-refractivity contribution in [1.82, 2.24) is 10.1 Å². The normalized spacial score (nSPS) is 10.8. The molecule has 0 bridgehead atoms. The quantitative estimate of drug-likeness (QED) is 0.518. The number of rotatable bonds is 6. The second-order valence-corrected chi connectivity index (χ2v) is 5.93. The molecule has 4 aromatic rings. The summed E-state index contributed by atoms with van der Waals surface area (Å²) in [6.45, 7) is 0.244. The monoisotopic (exact) mass is 346 g/mol. The van der Waals surface area contributed by atoms with Crippen LogP contribution in [0.2, 0.25) is 0 Å². The largest absolute Gasteiger partial charge is 0.497 e. The first-order chi connectivity index (χ1) is 12.8. The van der Waals surface area contributed by atoms with Crippen molar-refractivity contribution < 1.29 is 14.0 Å². The molecule has 1 aromatic heterocycles. The highest BCUT2D eigenvalue weighted by Crippen LogP contribution is 2.21. The van der Waals surface area contributed by atoms with Gasteiger partial charge in [-0.15, -0.1) is 0 Å². The minimum Gasteiger partial charge on any atom is -0.497 e. The third-order valence-electron chi connectivity index (χ3n) is 4.11. The van der Waals surface area contributed by atoms with Gasteiger partial charge in [-0.1, -0.05) is 47.6 Å². The maximum atomic E-state index is 5.78. The molecule has 3 aromatic carbocycles. The highest BCUT2D eigenvalue weighted by atomic mass is 16.5. The van der Waals surface area contributed by atoms with E-state index >= 15 is 0 Å². The summed E-state index contributed by atoms with van der Waals surface area (Å²) in [6.07, 6.45) is 0.601. The number of fused-ring (bicyclic) bond motifs is 1. The summed E-state index contributed by atoms with van der Waals surface area (Å²) < 4.78 is 16.2. The van der Waals surface area contributed by atoms with Gasteiger partial charge in [-0.2, -0.15) is 4.98 Å². The molecule has 0 atom stereocenters. The minimum absolute atomic E-state index is 0.244. The van der Waals surface area contributed by atoms with Crippen molar-refractivity contribution >= 4 is 10.8 Å². The Bertz CT molecular complexity index is 1010. The number of nitrogens with zero attached hydrogens (tertiary/aromatic N) is 2. The van der Waals surface area contributed by atoms with Crippen LogP contribution in [0.25, 0.3) is 10.8 Å². The zero-order valence-electron chi connectivity index (χ0n) is 14.4. The molecule has 26 heavy (non-hydrogen) atoms. The SMILES string of the molecule is COc1ccc(Cc2noc(COc3ccc4ccccc4c3)n2)cc1. The van der Waals surface area contributed by atoms with Gasteiger partial charge in [-0.25, -0.2) is 0 Å². The standard InChI is InChI=1S/C21H18N2O3/c1-24-18-9-6-15(7-10-18)12-20-22-21(26-23-20)14-25-19-11-8-16-4-2-3-5-17(16)13-19/h2-11,13H,12,14H2,1H3. The van der Waals surface area contributed by atoms with Crippen LogP contribution in [-0.2, 0) is 13.0 Å². The Morgan fingerprint density at radius 1 is 0.885 bits per heavy atom. The fourth-order valence-corrected chi connectivity index (χ4v) is 2.75. The van der Waals surface area contributed by atoms with E-state index in [2.05, 4.69) is 22.3 Å². The first kappa shape index (κ1) is 16.1. The highest BCUT2D eigenvalue weighted by Gasteiger charge is 2.08. The summed E-state index contributed by atoms with van der Waals surface area (Å²) in [7, 11) is 1.65. The van der Waals surface area contributed by atoms with Crippen LogP contribution in [0.5, 0.6) is 11.5 Å². The summed E-state index contributed by atoms with van der Waals surface area (Å²) >= 11 is 0. The average molecular weight is 346 g/mol. The van der Waals surface area contributed by atoms with Gasteiger partial charge >= 0.3 is 0 Å². The van der Waals surface area contributed by atoms with Crippen LogP contribution in [0.3, 0.4) is 0 Å². The Hall–Kier alpha value is -3.34. The molecular weight excluding hydrogens is 328 g/mol. The molecule has 0 unspecified atom stereocenters. The van der Waals surface area contributed by atoms with Crippen molar-refractivity contribution in [2.75, 3.05) is 7.11 Å². The first-order valence-electron chi connectivity index (χ1n) is 8.36.